The highest BCUT2D eigenvalue weighted by Gasteiger charge is 2.33. The summed E-state index contributed by atoms with van der Waals surface area (Å²) in [5, 5.41) is 10.2. The van der Waals surface area contributed by atoms with Crippen LogP contribution in [0.4, 0.5) is 4.39 Å². The van der Waals surface area contributed by atoms with Gasteiger partial charge >= 0.3 is 5.97 Å². The maximum absolute atomic E-state index is 14.3. The first-order valence-electron chi connectivity index (χ1n) is 13.4. The van der Waals surface area contributed by atoms with Crippen LogP contribution in [0, 0.1) is 5.82 Å². The van der Waals surface area contributed by atoms with Crippen molar-refractivity contribution in [1.82, 2.24) is 9.47 Å². The number of halogens is 1. The number of methoxy groups -OCH3 is 1. The van der Waals surface area contributed by atoms with Crippen LogP contribution in [-0.4, -0.2) is 52.8 Å². The van der Waals surface area contributed by atoms with Crippen LogP contribution in [0.2, 0.25) is 0 Å². The molecule has 7 heteroatoms. The number of carboxylic acids is 1. The zero-order chi connectivity index (χ0) is 27.4. The molecule has 0 bridgehead atoms. The molecule has 0 radical (unpaired) electrons. The second-order valence-electron chi connectivity index (χ2n) is 10.1. The van der Waals surface area contributed by atoms with Crippen LogP contribution in [0.1, 0.15) is 41.1 Å². The summed E-state index contributed by atoms with van der Waals surface area (Å²) >= 11 is 0. The van der Waals surface area contributed by atoms with Crippen molar-refractivity contribution in [1.29, 1.82) is 0 Å². The third kappa shape index (κ3) is 5.73. The zero-order valence-electron chi connectivity index (χ0n) is 22.1. The Morgan fingerprint density at radius 1 is 1.05 bits per heavy atom. The Labute approximate surface area is 227 Å². The van der Waals surface area contributed by atoms with Crippen LogP contribution in [0.5, 0.6) is 0 Å². The second kappa shape index (κ2) is 11.8. The normalized spacial score (nSPS) is 14.9. The van der Waals surface area contributed by atoms with Crippen molar-refractivity contribution in [2.45, 2.75) is 44.2 Å². The molecule has 1 heterocycles. The lowest BCUT2D eigenvalue weighted by Gasteiger charge is -2.36. The molecule has 1 amide bonds. The van der Waals surface area contributed by atoms with Gasteiger partial charge in [0.1, 0.15) is 12.4 Å². The predicted molar refractivity (Wildman–Crippen MR) is 148 cm³/mol. The van der Waals surface area contributed by atoms with Crippen molar-refractivity contribution in [3.05, 3.63) is 107 Å². The molecule has 5 rings (SSSR count). The lowest BCUT2D eigenvalue weighted by molar-refractivity contribution is -0.137. The fourth-order valence-corrected chi connectivity index (χ4v) is 5.98. The van der Waals surface area contributed by atoms with E-state index in [0.717, 1.165) is 27.8 Å². The average molecular weight is 529 g/mol. The minimum absolute atomic E-state index is 0.0404. The van der Waals surface area contributed by atoms with Gasteiger partial charge in [-0.25, -0.2) is 4.39 Å². The summed E-state index contributed by atoms with van der Waals surface area (Å²) in [7, 11) is 1.63. The van der Waals surface area contributed by atoms with Gasteiger partial charge in [0, 0.05) is 48.6 Å². The zero-order valence-corrected chi connectivity index (χ0v) is 22.1. The van der Waals surface area contributed by atoms with Gasteiger partial charge in [-0.05, 0) is 54.2 Å². The number of benzene rings is 3. The quantitative estimate of drug-likeness (QED) is 0.298. The van der Waals surface area contributed by atoms with Crippen LogP contribution in [0.3, 0.4) is 0 Å². The standard InChI is InChI=1S/C32H33FN2O4/c1-39-17-16-34(31(36)20-26(22-8-4-2-5-9-22)23-10-6-3-7-11-23)25-13-15-30-28(19-25)27-18-24(33)12-14-29(27)35(30)21-32(37)38/h2-12,14,18,25-26H,13,15-17,19-21H2,1H3,(H,37,38)/t25-/m0/s1. The molecule has 0 aliphatic heterocycles. The van der Waals surface area contributed by atoms with E-state index in [4.69, 9.17) is 4.74 Å². The van der Waals surface area contributed by atoms with E-state index in [1.807, 2.05) is 41.3 Å². The van der Waals surface area contributed by atoms with Crippen LogP contribution >= 0.6 is 0 Å². The minimum Gasteiger partial charge on any atom is -0.480 e. The molecule has 0 fully saturated rings. The van der Waals surface area contributed by atoms with E-state index in [0.29, 0.717) is 44.4 Å². The molecular formula is C32H33FN2O4. The van der Waals surface area contributed by atoms with E-state index in [1.54, 1.807) is 17.7 Å². The van der Waals surface area contributed by atoms with Gasteiger partial charge in [-0.2, -0.15) is 0 Å². The Bertz CT molecular complexity index is 1410. The van der Waals surface area contributed by atoms with E-state index in [9.17, 15) is 19.1 Å². The number of amides is 1. The third-order valence-electron chi connectivity index (χ3n) is 7.78. The monoisotopic (exact) mass is 528 g/mol. The first-order chi connectivity index (χ1) is 19.0. The smallest absolute Gasteiger partial charge is 0.323 e. The van der Waals surface area contributed by atoms with Gasteiger partial charge in [-0.1, -0.05) is 60.7 Å². The molecule has 0 saturated carbocycles. The largest absolute Gasteiger partial charge is 0.480 e. The number of ether oxygens (including phenoxy) is 1. The van der Waals surface area contributed by atoms with Crippen molar-refractivity contribution in [2.75, 3.05) is 20.3 Å². The number of rotatable bonds is 10. The van der Waals surface area contributed by atoms with Gasteiger partial charge in [0.25, 0.3) is 0 Å². The molecule has 39 heavy (non-hydrogen) atoms. The van der Waals surface area contributed by atoms with Gasteiger partial charge in [0.05, 0.1) is 6.61 Å². The highest BCUT2D eigenvalue weighted by atomic mass is 19.1. The van der Waals surface area contributed by atoms with Crippen LogP contribution in [-0.2, 0) is 33.7 Å². The van der Waals surface area contributed by atoms with E-state index in [2.05, 4.69) is 24.3 Å². The number of aromatic nitrogens is 1. The van der Waals surface area contributed by atoms with Gasteiger partial charge in [0.2, 0.25) is 5.91 Å². The molecule has 202 valence electrons. The maximum atomic E-state index is 14.3. The van der Waals surface area contributed by atoms with Crippen LogP contribution in [0.15, 0.2) is 78.9 Å². The highest BCUT2D eigenvalue weighted by molar-refractivity contribution is 5.87. The third-order valence-corrected chi connectivity index (χ3v) is 7.78. The van der Waals surface area contributed by atoms with Crippen molar-refractivity contribution >= 4 is 22.8 Å². The van der Waals surface area contributed by atoms with E-state index in [1.165, 1.54) is 12.1 Å². The Balaban J connectivity index is 1.46. The van der Waals surface area contributed by atoms with Crippen molar-refractivity contribution in [3.63, 3.8) is 0 Å². The lowest BCUT2D eigenvalue weighted by atomic mass is 9.86. The van der Waals surface area contributed by atoms with Crippen molar-refractivity contribution in [3.8, 4) is 0 Å². The molecule has 1 N–H and O–H groups in total. The van der Waals surface area contributed by atoms with Gasteiger partial charge < -0.3 is 19.3 Å². The number of aliphatic carboxylic acids is 1. The first-order valence-corrected chi connectivity index (χ1v) is 13.4. The minimum atomic E-state index is -0.939. The van der Waals surface area contributed by atoms with E-state index in [-0.39, 0.29) is 30.2 Å². The second-order valence-corrected chi connectivity index (χ2v) is 10.1. The molecule has 1 aromatic heterocycles. The molecule has 1 atom stereocenters. The number of nitrogens with zero attached hydrogens (tertiary/aromatic N) is 2. The summed E-state index contributed by atoms with van der Waals surface area (Å²) in [5.74, 6) is -1.35. The van der Waals surface area contributed by atoms with Crippen LogP contribution < -0.4 is 0 Å². The van der Waals surface area contributed by atoms with Crippen molar-refractivity contribution in [2.24, 2.45) is 0 Å². The Kier molecular flexibility index (Phi) is 8.07. The number of carboxylic acid groups (broad SMARTS) is 1. The lowest BCUT2D eigenvalue weighted by Crippen LogP contribution is -2.45. The highest BCUT2D eigenvalue weighted by Crippen LogP contribution is 2.35. The number of carbonyl (C=O) groups is 2. The summed E-state index contributed by atoms with van der Waals surface area (Å²) in [6.45, 7) is 0.684. The summed E-state index contributed by atoms with van der Waals surface area (Å²) in [5.41, 5.74) is 4.73. The molecule has 6 nitrogen and oxygen atoms in total. The van der Waals surface area contributed by atoms with Crippen LogP contribution in [0.25, 0.3) is 10.9 Å². The Morgan fingerprint density at radius 3 is 2.33 bits per heavy atom. The average Bonchev–Trinajstić information content (AvgIpc) is 3.24. The van der Waals surface area contributed by atoms with Crippen molar-refractivity contribution < 1.29 is 23.8 Å². The molecule has 0 spiro atoms. The maximum Gasteiger partial charge on any atom is 0.323 e. The summed E-state index contributed by atoms with van der Waals surface area (Å²) < 4.78 is 21.4. The van der Waals surface area contributed by atoms with E-state index >= 15 is 0 Å². The summed E-state index contributed by atoms with van der Waals surface area (Å²) in [6.07, 6.45) is 2.17. The molecule has 1 aliphatic rings. The molecule has 4 aromatic rings. The molecule has 3 aromatic carbocycles. The number of hydrogen-bond donors (Lipinski definition) is 1. The predicted octanol–water partition coefficient (Wildman–Crippen LogP) is 5.42. The molecule has 1 aliphatic carbocycles. The van der Waals surface area contributed by atoms with E-state index < -0.39 is 5.97 Å². The van der Waals surface area contributed by atoms with Gasteiger partial charge in [-0.15, -0.1) is 0 Å². The molecular weight excluding hydrogens is 495 g/mol. The fourth-order valence-electron chi connectivity index (χ4n) is 5.98. The fraction of sp³-hybridized carbons (Fsp3) is 0.312. The summed E-state index contributed by atoms with van der Waals surface area (Å²) in [4.78, 5) is 27.6. The number of carbonyl (C=O) groups excluding carboxylic acids is 1. The van der Waals surface area contributed by atoms with Gasteiger partial charge in [0.15, 0.2) is 0 Å². The van der Waals surface area contributed by atoms with Gasteiger partial charge in [-0.3, -0.25) is 9.59 Å². The summed E-state index contributed by atoms with van der Waals surface area (Å²) in [6, 6.07) is 24.6. The Hall–Kier alpha value is -3.97. The Morgan fingerprint density at radius 2 is 1.72 bits per heavy atom. The SMILES string of the molecule is COCCN(C(=O)CC(c1ccccc1)c1ccccc1)[C@H]1CCc2c(c3cc(F)ccc3n2CC(=O)O)C1. The topological polar surface area (TPSA) is 71.8 Å². The number of hydrogen-bond acceptors (Lipinski definition) is 3. The molecule has 0 saturated heterocycles. The number of fused-ring (bicyclic) bond motifs is 3. The first kappa shape index (κ1) is 26.6. The molecule has 0 unspecified atom stereocenters.